The van der Waals surface area contributed by atoms with Gasteiger partial charge in [0.15, 0.2) is 0 Å². The highest BCUT2D eigenvalue weighted by Gasteiger charge is 2.32. The van der Waals surface area contributed by atoms with Crippen LogP contribution in [0.1, 0.15) is 29.9 Å². The smallest absolute Gasteiger partial charge is 0.416 e. The topological polar surface area (TPSA) is 21.3 Å². The first-order valence-electron chi connectivity index (χ1n) is 5.98. The van der Waals surface area contributed by atoms with Crippen LogP contribution in [0.4, 0.5) is 13.2 Å². The molecule has 0 radical (unpaired) electrons. The molecule has 1 aromatic carbocycles. The van der Waals surface area contributed by atoms with E-state index in [1.807, 2.05) is 0 Å². The van der Waals surface area contributed by atoms with E-state index in [1.165, 1.54) is 7.11 Å². The molecule has 100 valence electrons. The standard InChI is InChI=1S/C13H16F3NO/c1-18-12-8-10(13(14,15)16)2-3-11(12)9-4-6-17-7-5-9/h2-3,8-9,17H,4-7H2,1H3. The summed E-state index contributed by atoms with van der Waals surface area (Å²) in [4.78, 5) is 0. The summed E-state index contributed by atoms with van der Waals surface area (Å²) < 4.78 is 43.0. The fourth-order valence-corrected chi connectivity index (χ4v) is 2.36. The van der Waals surface area contributed by atoms with Crippen molar-refractivity contribution in [1.29, 1.82) is 0 Å². The maximum absolute atomic E-state index is 12.6. The van der Waals surface area contributed by atoms with Gasteiger partial charge < -0.3 is 10.1 Å². The van der Waals surface area contributed by atoms with Gasteiger partial charge >= 0.3 is 6.18 Å². The van der Waals surface area contributed by atoms with Crippen molar-refractivity contribution >= 4 is 0 Å². The van der Waals surface area contributed by atoms with E-state index in [2.05, 4.69) is 5.32 Å². The predicted molar refractivity (Wildman–Crippen MR) is 62.8 cm³/mol. The molecule has 1 aromatic rings. The third-order valence-electron chi connectivity index (χ3n) is 3.34. The van der Waals surface area contributed by atoms with Crippen molar-refractivity contribution in [2.75, 3.05) is 20.2 Å². The fourth-order valence-electron chi connectivity index (χ4n) is 2.36. The molecule has 0 aliphatic carbocycles. The summed E-state index contributed by atoms with van der Waals surface area (Å²) in [6, 6.07) is 3.79. The summed E-state index contributed by atoms with van der Waals surface area (Å²) in [6.07, 6.45) is -2.45. The Morgan fingerprint density at radius 2 is 1.89 bits per heavy atom. The first-order chi connectivity index (χ1) is 8.52. The van der Waals surface area contributed by atoms with Crippen LogP contribution in [0.2, 0.25) is 0 Å². The Kier molecular flexibility index (Phi) is 3.80. The molecule has 0 bridgehead atoms. The van der Waals surface area contributed by atoms with Gasteiger partial charge in [0.25, 0.3) is 0 Å². The quantitative estimate of drug-likeness (QED) is 0.880. The van der Waals surface area contributed by atoms with Crippen molar-refractivity contribution in [2.45, 2.75) is 24.9 Å². The number of halogens is 3. The van der Waals surface area contributed by atoms with E-state index in [0.717, 1.165) is 43.6 Å². The highest BCUT2D eigenvalue weighted by molar-refractivity contribution is 5.41. The Labute approximate surface area is 104 Å². The van der Waals surface area contributed by atoms with Crippen molar-refractivity contribution < 1.29 is 17.9 Å². The fraction of sp³-hybridized carbons (Fsp3) is 0.538. The first kappa shape index (κ1) is 13.2. The molecule has 5 heteroatoms. The van der Waals surface area contributed by atoms with Gasteiger partial charge in [-0.05, 0) is 49.5 Å². The second-order valence-electron chi connectivity index (χ2n) is 4.48. The van der Waals surface area contributed by atoms with Crippen molar-refractivity contribution in [3.05, 3.63) is 29.3 Å². The van der Waals surface area contributed by atoms with E-state index < -0.39 is 11.7 Å². The summed E-state index contributed by atoms with van der Waals surface area (Å²) in [7, 11) is 1.42. The van der Waals surface area contributed by atoms with E-state index in [9.17, 15) is 13.2 Å². The molecule has 1 heterocycles. The molecule has 0 aromatic heterocycles. The highest BCUT2D eigenvalue weighted by atomic mass is 19.4. The number of alkyl halides is 3. The van der Waals surface area contributed by atoms with Crippen LogP contribution in [0, 0.1) is 0 Å². The lowest BCUT2D eigenvalue weighted by atomic mass is 9.89. The van der Waals surface area contributed by atoms with Crippen LogP contribution in [0.3, 0.4) is 0 Å². The first-order valence-corrected chi connectivity index (χ1v) is 5.98. The number of hydrogen-bond acceptors (Lipinski definition) is 2. The van der Waals surface area contributed by atoms with Crippen molar-refractivity contribution in [3.8, 4) is 5.75 Å². The molecule has 1 N–H and O–H groups in total. The molecule has 1 aliphatic heterocycles. The van der Waals surface area contributed by atoms with E-state index >= 15 is 0 Å². The number of benzene rings is 1. The second-order valence-corrected chi connectivity index (χ2v) is 4.48. The minimum absolute atomic E-state index is 0.281. The number of nitrogens with one attached hydrogen (secondary N) is 1. The van der Waals surface area contributed by atoms with Gasteiger partial charge in [-0.15, -0.1) is 0 Å². The van der Waals surface area contributed by atoms with Crippen LogP contribution >= 0.6 is 0 Å². The molecule has 0 spiro atoms. The lowest BCUT2D eigenvalue weighted by Crippen LogP contribution is -2.26. The normalized spacial score (nSPS) is 17.8. The Hall–Kier alpha value is -1.23. The van der Waals surface area contributed by atoms with E-state index in [-0.39, 0.29) is 5.92 Å². The van der Waals surface area contributed by atoms with Crippen LogP contribution in [-0.2, 0) is 6.18 Å². The zero-order valence-corrected chi connectivity index (χ0v) is 10.2. The van der Waals surface area contributed by atoms with Gasteiger partial charge in [-0.2, -0.15) is 13.2 Å². The van der Waals surface area contributed by atoms with Crippen LogP contribution in [0.25, 0.3) is 0 Å². The van der Waals surface area contributed by atoms with Crippen LogP contribution in [0.15, 0.2) is 18.2 Å². The van der Waals surface area contributed by atoms with Gasteiger partial charge in [0.1, 0.15) is 5.75 Å². The van der Waals surface area contributed by atoms with Gasteiger partial charge in [-0.3, -0.25) is 0 Å². The second kappa shape index (κ2) is 5.18. The summed E-state index contributed by atoms with van der Waals surface area (Å²) in [5, 5.41) is 3.24. The summed E-state index contributed by atoms with van der Waals surface area (Å²) in [5.41, 5.74) is 0.226. The Morgan fingerprint density at radius 3 is 2.44 bits per heavy atom. The predicted octanol–water partition coefficient (Wildman–Crippen LogP) is 3.18. The summed E-state index contributed by atoms with van der Waals surface area (Å²) >= 11 is 0. The molecule has 1 fully saturated rings. The van der Waals surface area contributed by atoms with Crippen molar-refractivity contribution in [1.82, 2.24) is 5.32 Å². The van der Waals surface area contributed by atoms with Gasteiger partial charge in [0, 0.05) is 0 Å². The number of rotatable bonds is 2. The SMILES string of the molecule is COc1cc(C(F)(F)F)ccc1C1CCNCC1. The molecule has 1 aliphatic rings. The lowest BCUT2D eigenvalue weighted by Gasteiger charge is -2.25. The highest BCUT2D eigenvalue weighted by Crippen LogP contribution is 2.37. The molecule has 2 rings (SSSR count). The van der Waals surface area contributed by atoms with Crippen LogP contribution < -0.4 is 10.1 Å². The third-order valence-corrected chi connectivity index (χ3v) is 3.34. The molecule has 0 atom stereocenters. The van der Waals surface area contributed by atoms with Gasteiger partial charge in [0.05, 0.1) is 12.7 Å². The molecule has 2 nitrogen and oxygen atoms in total. The number of piperidine rings is 1. The molecule has 0 amide bonds. The summed E-state index contributed by atoms with van der Waals surface area (Å²) in [6.45, 7) is 1.80. The zero-order chi connectivity index (χ0) is 13.2. The minimum Gasteiger partial charge on any atom is -0.496 e. The maximum Gasteiger partial charge on any atom is 0.416 e. The molecular formula is C13H16F3NO. The minimum atomic E-state index is -4.32. The van der Waals surface area contributed by atoms with E-state index in [4.69, 9.17) is 4.74 Å². The monoisotopic (exact) mass is 259 g/mol. The Bertz CT molecular complexity index is 411. The molecular weight excluding hydrogens is 243 g/mol. The Morgan fingerprint density at radius 1 is 1.22 bits per heavy atom. The number of hydrogen-bond donors (Lipinski definition) is 1. The zero-order valence-electron chi connectivity index (χ0n) is 10.2. The third kappa shape index (κ3) is 2.77. The van der Waals surface area contributed by atoms with Gasteiger partial charge in [0.2, 0.25) is 0 Å². The maximum atomic E-state index is 12.6. The molecule has 0 saturated carbocycles. The van der Waals surface area contributed by atoms with Gasteiger partial charge in [-0.25, -0.2) is 0 Å². The van der Waals surface area contributed by atoms with Crippen molar-refractivity contribution in [2.24, 2.45) is 0 Å². The lowest BCUT2D eigenvalue weighted by molar-refractivity contribution is -0.137. The van der Waals surface area contributed by atoms with Crippen LogP contribution in [-0.4, -0.2) is 20.2 Å². The Balaban J connectivity index is 2.30. The molecule has 18 heavy (non-hydrogen) atoms. The number of methoxy groups -OCH3 is 1. The molecule has 1 saturated heterocycles. The van der Waals surface area contributed by atoms with Crippen molar-refractivity contribution in [3.63, 3.8) is 0 Å². The molecule has 0 unspecified atom stereocenters. The summed E-state index contributed by atoms with van der Waals surface area (Å²) in [5.74, 6) is 0.625. The van der Waals surface area contributed by atoms with Gasteiger partial charge in [-0.1, -0.05) is 6.07 Å². The van der Waals surface area contributed by atoms with E-state index in [1.54, 1.807) is 6.07 Å². The largest absolute Gasteiger partial charge is 0.496 e. The average molecular weight is 259 g/mol. The van der Waals surface area contributed by atoms with E-state index in [0.29, 0.717) is 5.75 Å². The number of ether oxygens (including phenoxy) is 1. The average Bonchev–Trinajstić information content (AvgIpc) is 2.38. The van der Waals surface area contributed by atoms with Crippen LogP contribution in [0.5, 0.6) is 5.75 Å².